The second-order valence-electron chi connectivity index (χ2n) is 10.2. The van der Waals surface area contributed by atoms with Crippen LogP contribution in [0.25, 0.3) is 10.9 Å². The summed E-state index contributed by atoms with van der Waals surface area (Å²) in [4.78, 5) is 20.6. The zero-order chi connectivity index (χ0) is 24.6. The Morgan fingerprint density at radius 3 is 2.63 bits per heavy atom. The van der Waals surface area contributed by atoms with E-state index in [0.717, 1.165) is 36.3 Å². The minimum Gasteiger partial charge on any atom is -0.370 e. The molecule has 1 unspecified atom stereocenters. The molecule has 1 aromatic heterocycles. The number of ether oxygens (including phenoxy) is 1. The van der Waals surface area contributed by atoms with Crippen LogP contribution in [0.1, 0.15) is 31.2 Å². The summed E-state index contributed by atoms with van der Waals surface area (Å²) < 4.78 is 46.1. The van der Waals surface area contributed by atoms with Crippen LogP contribution in [0.15, 0.2) is 36.7 Å². The minimum absolute atomic E-state index is 0.0669. The molecule has 2 N–H and O–H groups in total. The highest BCUT2D eigenvalue weighted by molar-refractivity contribution is 5.91. The van der Waals surface area contributed by atoms with E-state index >= 15 is 0 Å². The second-order valence-corrected chi connectivity index (χ2v) is 10.2. The van der Waals surface area contributed by atoms with Crippen LogP contribution in [-0.4, -0.2) is 71.8 Å². The highest BCUT2D eigenvalue weighted by Gasteiger charge is 2.48. The van der Waals surface area contributed by atoms with Crippen molar-refractivity contribution in [2.45, 2.75) is 50.0 Å². The number of anilines is 1. The fraction of sp³-hybridized carbons (Fsp3) is 0.560. The van der Waals surface area contributed by atoms with Crippen LogP contribution in [0, 0.1) is 5.92 Å². The Hall–Kier alpha value is -2.72. The Morgan fingerprint density at radius 2 is 1.94 bits per heavy atom. The molecule has 1 saturated carbocycles. The van der Waals surface area contributed by atoms with Crippen molar-refractivity contribution in [3.63, 3.8) is 0 Å². The smallest absolute Gasteiger partial charge is 0.370 e. The van der Waals surface area contributed by atoms with Crippen molar-refractivity contribution in [1.82, 2.24) is 15.3 Å². The van der Waals surface area contributed by atoms with Crippen molar-refractivity contribution in [3.05, 3.63) is 42.2 Å². The number of likely N-dealkylation sites (tertiary alicyclic amines) is 1. The molecule has 35 heavy (non-hydrogen) atoms. The molecule has 2 aliphatic heterocycles. The van der Waals surface area contributed by atoms with E-state index in [4.69, 9.17) is 4.74 Å². The number of fused-ring (bicyclic) bond motifs is 1. The number of carbonyl (C=O) groups is 1. The summed E-state index contributed by atoms with van der Waals surface area (Å²) in [6.07, 6.45) is 6.11. The van der Waals surface area contributed by atoms with E-state index < -0.39 is 11.7 Å². The number of likely N-dealkylation sites (N-methyl/N-ethyl adjacent to an activating group) is 1. The summed E-state index contributed by atoms with van der Waals surface area (Å²) in [5.74, 6) is 0.627. The van der Waals surface area contributed by atoms with Gasteiger partial charge >= 0.3 is 6.18 Å². The largest absolute Gasteiger partial charge is 0.416 e. The van der Waals surface area contributed by atoms with Crippen molar-refractivity contribution in [1.29, 1.82) is 0 Å². The van der Waals surface area contributed by atoms with Crippen molar-refractivity contribution in [2.75, 3.05) is 38.6 Å². The highest BCUT2D eigenvalue weighted by atomic mass is 19.4. The van der Waals surface area contributed by atoms with Crippen LogP contribution < -0.4 is 10.6 Å². The molecule has 0 bridgehead atoms. The van der Waals surface area contributed by atoms with Crippen molar-refractivity contribution < 1.29 is 27.2 Å². The van der Waals surface area contributed by atoms with Gasteiger partial charge in [0.2, 0.25) is 5.91 Å². The van der Waals surface area contributed by atoms with E-state index in [1.807, 2.05) is 0 Å². The standard InChI is InChI=1S/C25H30F3N5O2/c1-33(19-7-4-16(5-8-19)22-3-2-10-35-22)13-18(14-33)32-23(34)12-29-24-20-11-17(25(26,27)28)6-9-21(20)30-15-31-24/h2-3,6,9,11,15-16,18-19,22H,4-5,7-8,10,12-14H2,1H3,(H-,29,30,31,32,34)/p+1. The summed E-state index contributed by atoms with van der Waals surface area (Å²) in [6, 6.07) is 4.02. The molecule has 188 valence electrons. The third-order valence-electron chi connectivity index (χ3n) is 7.82. The first kappa shape index (κ1) is 24.0. The predicted octanol–water partition coefficient (Wildman–Crippen LogP) is 3.52. The first-order valence-corrected chi connectivity index (χ1v) is 12.2. The quantitative estimate of drug-likeness (QED) is 0.479. The number of halogens is 3. The summed E-state index contributed by atoms with van der Waals surface area (Å²) in [6.45, 7) is 2.46. The molecule has 1 aromatic carbocycles. The maximum absolute atomic E-state index is 13.1. The molecule has 2 aromatic rings. The predicted molar refractivity (Wildman–Crippen MR) is 126 cm³/mol. The zero-order valence-electron chi connectivity index (χ0n) is 19.7. The van der Waals surface area contributed by atoms with E-state index in [1.54, 1.807) is 0 Å². The van der Waals surface area contributed by atoms with Gasteiger partial charge in [-0.15, -0.1) is 0 Å². The second kappa shape index (κ2) is 9.39. The van der Waals surface area contributed by atoms with Crippen molar-refractivity contribution >= 4 is 22.6 Å². The molecule has 5 rings (SSSR count). The Kier molecular flexibility index (Phi) is 6.43. The molecular formula is C25H31F3N5O2+. The lowest BCUT2D eigenvalue weighted by Crippen LogP contribution is -2.73. The molecule has 7 nitrogen and oxygen atoms in total. The maximum Gasteiger partial charge on any atom is 0.416 e. The van der Waals surface area contributed by atoms with Crippen molar-refractivity contribution in [3.8, 4) is 0 Å². The fourth-order valence-electron chi connectivity index (χ4n) is 5.92. The number of rotatable bonds is 6. The van der Waals surface area contributed by atoms with Gasteiger partial charge in [0, 0.05) is 5.39 Å². The average molecular weight is 491 g/mol. The van der Waals surface area contributed by atoms with Gasteiger partial charge < -0.3 is 19.9 Å². The zero-order valence-corrected chi connectivity index (χ0v) is 19.7. The molecule has 0 radical (unpaired) electrons. The van der Waals surface area contributed by atoms with Gasteiger partial charge in [-0.3, -0.25) is 4.79 Å². The molecule has 0 spiro atoms. The Balaban J connectivity index is 1.11. The lowest BCUT2D eigenvalue weighted by atomic mass is 9.80. The van der Waals surface area contributed by atoms with Gasteiger partial charge in [0.1, 0.15) is 31.3 Å². The minimum atomic E-state index is -4.46. The molecule has 1 saturated heterocycles. The van der Waals surface area contributed by atoms with Crippen LogP contribution in [0.5, 0.6) is 0 Å². The van der Waals surface area contributed by atoms with Gasteiger partial charge in [0.25, 0.3) is 0 Å². The SMILES string of the molecule is C[N+]1(C2CCC(C3C=CCO3)CC2)CC(NC(=O)CNc2ncnc3ccc(C(F)(F)F)cc23)C1. The van der Waals surface area contributed by atoms with E-state index in [2.05, 4.69) is 39.8 Å². The lowest BCUT2D eigenvalue weighted by Gasteiger charge is -2.54. The number of aromatic nitrogens is 2. The molecule has 1 atom stereocenters. The Labute approximate surface area is 202 Å². The number of hydrogen-bond donors (Lipinski definition) is 2. The molecule has 10 heteroatoms. The first-order chi connectivity index (χ1) is 16.7. The normalized spacial score (nSPS) is 30.7. The van der Waals surface area contributed by atoms with Gasteiger partial charge in [-0.1, -0.05) is 12.2 Å². The van der Waals surface area contributed by atoms with Gasteiger partial charge in [0.15, 0.2) is 0 Å². The van der Waals surface area contributed by atoms with Gasteiger partial charge in [0.05, 0.1) is 43.4 Å². The third kappa shape index (κ3) is 5.13. The highest BCUT2D eigenvalue weighted by Crippen LogP contribution is 2.37. The number of alkyl halides is 3. The summed E-state index contributed by atoms with van der Waals surface area (Å²) in [5, 5.41) is 6.16. The van der Waals surface area contributed by atoms with Gasteiger partial charge in [-0.2, -0.15) is 13.2 Å². The Morgan fingerprint density at radius 1 is 1.17 bits per heavy atom. The number of benzene rings is 1. The van der Waals surface area contributed by atoms with Gasteiger partial charge in [-0.05, 0) is 49.8 Å². The number of quaternary nitrogens is 1. The first-order valence-electron chi connectivity index (χ1n) is 12.2. The van der Waals surface area contributed by atoms with Crippen LogP contribution in [0.3, 0.4) is 0 Å². The third-order valence-corrected chi connectivity index (χ3v) is 7.82. The van der Waals surface area contributed by atoms with Crippen LogP contribution in [-0.2, 0) is 15.7 Å². The summed E-state index contributed by atoms with van der Waals surface area (Å²) in [5.41, 5.74) is -0.395. The summed E-state index contributed by atoms with van der Waals surface area (Å²) in [7, 11) is 2.27. The van der Waals surface area contributed by atoms with E-state index in [1.165, 1.54) is 38.1 Å². The van der Waals surface area contributed by atoms with Crippen LogP contribution in [0.2, 0.25) is 0 Å². The molecule has 3 aliphatic rings. The van der Waals surface area contributed by atoms with Crippen LogP contribution in [0.4, 0.5) is 19.0 Å². The van der Waals surface area contributed by atoms with Gasteiger partial charge in [-0.25, -0.2) is 9.97 Å². The van der Waals surface area contributed by atoms with Crippen molar-refractivity contribution in [2.24, 2.45) is 5.92 Å². The molecule has 1 amide bonds. The fourth-order valence-corrected chi connectivity index (χ4v) is 5.92. The molecular weight excluding hydrogens is 459 g/mol. The lowest BCUT2D eigenvalue weighted by molar-refractivity contribution is -0.972. The van der Waals surface area contributed by atoms with E-state index in [0.29, 0.717) is 17.5 Å². The summed E-state index contributed by atoms with van der Waals surface area (Å²) >= 11 is 0. The monoisotopic (exact) mass is 490 g/mol. The van der Waals surface area contributed by atoms with Crippen LogP contribution >= 0.6 is 0 Å². The Bertz CT molecular complexity index is 1110. The number of amides is 1. The molecule has 2 fully saturated rings. The number of hydrogen-bond acceptors (Lipinski definition) is 5. The molecule has 3 heterocycles. The number of nitrogens with zero attached hydrogens (tertiary/aromatic N) is 3. The average Bonchev–Trinajstić information content (AvgIpc) is 3.36. The number of carbonyl (C=O) groups excluding carboxylic acids is 1. The molecule has 1 aliphatic carbocycles. The van der Waals surface area contributed by atoms with E-state index in [9.17, 15) is 18.0 Å². The van der Waals surface area contributed by atoms with E-state index in [-0.39, 0.29) is 35.8 Å². The maximum atomic E-state index is 13.1. The number of nitrogens with one attached hydrogen (secondary N) is 2. The topological polar surface area (TPSA) is 76.1 Å².